The number of aromatic nitrogens is 3. The predicted octanol–water partition coefficient (Wildman–Crippen LogP) is 0.585. The van der Waals surface area contributed by atoms with Crippen molar-refractivity contribution in [3.8, 4) is 0 Å². The summed E-state index contributed by atoms with van der Waals surface area (Å²) in [6.07, 6.45) is 5.56. The molecule has 2 heterocycles. The molecule has 1 aromatic rings. The molecule has 0 aromatic carbocycles. The first-order valence-electron chi connectivity index (χ1n) is 7.12. The summed E-state index contributed by atoms with van der Waals surface area (Å²) < 4.78 is 0. The summed E-state index contributed by atoms with van der Waals surface area (Å²) >= 11 is 0. The van der Waals surface area contributed by atoms with Crippen LogP contribution < -0.4 is 5.32 Å². The van der Waals surface area contributed by atoms with E-state index in [2.05, 4.69) is 32.6 Å². The molecule has 0 atom stereocenters. The second-order valence-electron chi connectivity index (χ2n) is 5.16. The Balaban J connectivity index is 1.58. The molecule has 0 saturated carbocycles. The van der Waals surface area contributed by atoms with Crippen LogP contribution in [0.15, 0.2) is 6.20 Å². The zero-order valence-corrected chi connectivity index (χ0v) is 11.6. The van der Waals surface area contributed by atoms with Gasteiger partial charge in [0, 0.05) is 12.7 Å². The van der Waals surface area contributed by atoms with Crippen LogP contribution in [0.3, 0.4) is 0 Å². The average molecular weight is 265 g/mol. The maximum Gasteiger partial charge on any atom is 0.226 e. The van der Waals surface area contributed by atoms with Crippen LogP contribution in [0.25, 0.3) is 0 Å². The van der Waals surface area contributed by atoms with E-state index in [0.717, 1.165) is 25.4 Å². The molecule has 1 fully saturated rings. The second-order valence-corrected chi connectivity index (χ2v) is 5.16. The van der Waals surface area contributed by atoms with Gasteiger partial charge in [0.25, 0.3) is 0 Å². The fourth-order valence-corrected chi connectivity index (χ4v) is 2.55. The van der Waals surface area contributed by atoms with Crippen molar-refractivity contribution >= 4 is 5.91 Å². The Labute approximate surface area is 113 Å². The van der Waals surface area contributed by atoms with Crippen LogP contribution >= 0.6 is 0 Å². The first-order chi connectivity index (χ1) is 9.28. The zero-order valence-electron chi connectivity index (χ0n) is 11.6. The number of hydrogen-bond acceptors (Lipinski definition) is 4. The number of amides is 1. The Hall–Kier alpha value is -1.43. The van der Waals surface area contributed by atoms with Gasteiger partial charge in [-0.3, -0.25) is 9.89 Å². The van der Waals surface area contributed by atoms with Crippen molar-refractivity contribution in [3.05, 3.63) is 11.9 Å². The van der Waals surface area contributed by atoms with Crippen molar-refractivity contribution in [1.82, 2.24) is 25.6 Å². The molecule has 6 nitrogen and oxygen atoms in total. The molecule has 0 bridgehead atoms. The standard InChI is InChI=1S/C13H23N5O/c1-2-18-7-4-11(5-8-18)3-6-14-13(19)9-12-10-15-17-16-12/h10-11H,2-9H2,1H3,(H,14,19)(H,15,16,17). The van der Waals surface area contributed by atoms with Crippen LogP contribution in [0.2, 0.25) is 0 Å². The molecule has 6 heteroatoms. The monoisotopic (exact) mass is 265 g/mol. The van der Waals surface area contributed by atoms with Gasteiger partial charge >= 0.3 is 0 Å². The quantitative estimate of drug-likeness (QED) is 0.789. The van der Waals surface area contributed by atoms with Crippen molar-refractivity contribution in [2.24, 2.45) is 5.92 Å². The molecule has 2 rings (SSSR count). The van der Waals surface area contributed by atoms with E-state index >= 15 is 0 Å². The van der Waals surface area contributed by atoms with Crippen LogP contribution in [0.1, 0.15) is 31.9 Å². The summed E-state index contributed by atoms with van der Waals surface area (Å²) in [6.45, 7) is 6.54. The van der Waals surface area contributed by atoms with E-state index in [0.29, 0.717) is 12.1 Å². The number of likely N-dealkylation sites (tertiary alicyclic amines) is 1. The Bertz CT molecular complexity index is 370. The molecule has 0 radical (unpaired) electrons. The highest BCUT2D eigenvalue weighted by atomic mass is 16.1. The molecule has 0 aliphatic carbocycles. The van der Waals surface area contributed by atoms with E-state index in [1.807, 2.05) is 0 Å². The maximum atomic E-state index is 11.6. The highest BCUT2D eigenvalue weighted by Gasteiger charge is 2.17. The van der Waals surface area contributed by atoms with E-state index in [1.165, 1.54) is 25.9 Å². The number of nitrogens with zero attached hydrogens (tertiary/aromatic N) is 3. The van der Waals surface area contributed by atoms with Gasteiger partial charge in [0.05, 0.1) is 12.1 Å². The van der Waals surface area contributed by atoms with E-state index in [4.69, 9.17) is 0 Å². The highest BCUT2D eigenvalue weighted by Crippen LogP contribution is 2.19. The second kappa shape index (κ2) is 7.23. The van der Waals surface area contributed by atoms with Gasteiger partial charge in [-0.2, -0.15) is 0 Å². The Kier molecular flexibility index (Phi) is 5.32. The minimum Gasteiger partial charge on any atom is -0.356 e. The number of carbonyl (C=O) groups excluding carboxylic acids is 1. The molecule has 1 saturated heterocycles. The van der Waals surface area contributed by atoms with Crippen molar-refractivity contribution in [2.45, 2.75) is 32.6 Å². The molecule has 1 aliphatic rings. The topological polar surface area (TPSA) is 73.9 Å². The maximum absolute atomic E-state index is 11.6. The molecule has 2 N–H and O–H groups in total. The number of H-pyrrole nitrogens is 1. The minimum atomic E-state index is 0.0277. The van der Waals surface area contributed by atoms with Crippen molar-refractivity contribution < 1.29 is 4.79 Å². The summed E-state index contributed by atoms with van der Waals surface area (Å²) in [5.41, 5.74) is 0.689. The van der Waals surface area contributed by atoms with Crippen LogP contribution in [-0.4, -0.2) is 52.4 Å². The summed E-state index contributed by atoms with van der Waals surface area (Å²) in [4.78, 5) is 14.1. The van der Waals surface area contributed by atoms with Gasteiger partial charge in [-0.05, 0) is 44.8 Å². The first kappa shape index (κ1) is 14.0. The molecule has 1 aromatic heterocycles. The lowest BCUT2D eigenvalue weighted by atomic mass is 9.93. The van der Waals surface area contributed by atoms with Crippen molar-refractivity contribution in [2.75, 3.05) is 26.2 Å². The number of aromatic amines is 1. The first-order valence-corrected chi connectivity index (χ1v) is 7.12. The molecule has 0 spiro atoms. The number of hydrogen-bond donors (Lipinski definition) is 2. The van der Waals surface area contributed by atoms with Gasteiger partial charge < -0.3 is 10.2 Å². The molecular formula is C13H23N5O. The predicted molar refractivity (Wildman–Crippen MR) is 72.6 cm³/mol. The third-order valence-corrected chi connectivity index (χ3v) is 3.84. The summed E-state index contributed by atoms with van der Waals surface area (Å²) in [7, 11) is 0. The van der Waals surface area contributed by atoms with Gasteiger partial charge in [-0.25, -0.2) is 0 Å². The lowest BCUT2D eigenvalue weighted by Crippen LogP contribution is -2.35. The van der Waals surface area contributed by atoms with Crippen LogP contribution in [0.5, 0.6) is 0 Å². The Morgan fingerprint density at radius 1 is 1.53 bits per heavy atom. The van der Waals surface area contributed by atoms with E-state index in [-0.39, 0.29) is 5.91 Å². The summed E-state index contributed by atoms with van der Waals surface area (Å²) in [5.74, 6) is 0.787. The van der Waals surface area contributed by atoms with E-state index in [9.17, 15) is 4.79 Å². The van der Waals surface area contributed by atoms with Gasteiger partial charge in [0.2, 0.25) is 5.91 Å². The van der Waals surface area contributed by atoms with Gasteiger partial charge in [0.15, 0.2) is 0 Å². The summed E-state index contributed by atoms with van der Waals surface area (Å²) in [6, 6.07) is 0. The number of piperidine rings is 1. The smallest absolute Gasteiger partial charge is 0.226 e. The van der Waals surface area contributed by atoms with E-state index in [1.54, 1.807) is 6.20 Å². The Morgan fingerprint density at radius 3 is 2.95 bits per heavy atom. The fourth-order valence-electron chi connectivity index (χ4n) is 2.55. The number of nitrogens with one attached hydrogen (secondary N) is 2. The summed E-state index contributed by atoms with van der Waals surface area (Å²) in [5, 5.41) is 13.0. The normalized spacial score (nSPS) is 17.5. The van der Waals surface area contributed by atoms with Gasteiger partial charge in [0.1, 0.15) is 0 Å². The number of rotatable bonds is 6. The minimum absolute atomic E-state index is 0.0277. The average Bonchev–Trinajstić information content (AvgIpc) is 2.92. The lowest BCUT2D eigenvalue weighted by Gasteiger charge is -2.31. The van der Waals surface area contributed by atoms with E-state index < -0.39 is 0 Å². The zero-order chi connectivity index (χ0) is 13.5. The molecule has 1 amide bonds. The SMILES string of the molecule is CCN1CCC(CCNC(=O)Cc2c[nH]nn2)CC1. The lowest BCUT2D eigenvalue weighted by molar-refractivity contribution is -0.120. The van der Waals surface area contributed by atoms with Gasteiger partial charge in [-0.15, -0.1) is 5.10 Å². The van der Waals surface area contributed by atoms with Crippen LogP contribution in [0, 0.1) is 5.92 Å². The molecule has 1 aliphatic heterocycles. The Morgan fingerprint density at radius 2 is 2.32 bits per heavy atom. The molecule has 19 heavy (non-hydrogen) atoms. The fraction of sp³-hybridized carbons (Fsp3) is 0.769. The van der Waals surface area contributed by atoms with Gasteiger partial charge in [-0.1, -0.05) is 12.1 Å². The third kappa shape index (κ3) is 4.63. The van der Waals surface area contributed by atoms with Crippen LogP contribution in [-0.2, 0) is 11.2 Å². The molecular weight excluding hydrogens is 242 g/mol. The largest absolute Gasteiger partial charge is 0.356 e. The van der Waals surface area contributed by atoms with Crippen molar-refractivity contribution in [3.63, 3.8) is 0 Å². The third-order valence-electron chi connectivity index (χ3n) is 3.84. The number of carbonyl (C=O) groups is 1. The van der Waals surface area contributed by atoms with Crippen molar-refractivity contribution in [1.29, 1.82) is 0 Å². The highest BCUT2D eigenvalue weighted by molar-refractivity contribution is 5.77. The van der Waals surface area contributed by atoms with Crippen LogP contribution in [0.4, 0.5) is 0 Å². The molecule has 0 unspecified atom stereocenters. The molecule has 106 valence electrons.